The zero-order valence-corrected chi connectivity index (χ0v) is 13.1. The lowest BCUT2D eigenvalue weighted by Gasteiger charge is -2.31. The maximum atomic E-state index is 6.06. The lowest BCUT2D eigenvalue weighted by molar-refractivity contribution is 0.327. The van der Waals surface area contributed by atoms with Gasteiger partial charge in [-0.2, -0.15) is 0 Å². The summed E-state index contributed by atoms with van der Waals surface area (Å²) in [6.45, 7) is 6.76. The summed E-state index contributed by atoms with van der Waals surface area (Å²) < 4.78 is 0. The average Bonchev–Trinajstić information content (AvgIpc) is 2.50. The molecule has 1 aliphatic carbocycles. The average molecular weight is 299 g/mol. The molecule has 2 atom stereocenters. The highest BCUT2D eigenvalue weighted by atomic mass is 35.5. The maximum absolute atomic E-state index is 6.06. The first-order valence-corrected chi connectivity index (χ1v) is 7.44. The zero-order chi connectivity index (χ0) is 14.0. The first-order valence-electron chi connectivity index (χ1n) is 6.68. The van der Waals surface area contributed by atoms with Crippen molar-refractivity contribution in [3.05, 3.63) is 46.0 Å². The molecule has 1 aliphatic heterocycles. The summed E-state index contributed by atoms with van der Waals surface area (Å²) in [5.74, 6) is 0.566. The van der Waals surface area contributed by atoms with E-state index in [1.165, 1.54) is 12.8 Å². The molecule has 2 nitrogen and oxygen atoms in total. The van der Waals surface area contributed by atoms with E-state index in [1.54, 1.807) is 0 Å². The first-order chi connectivity index (χ1) is 8.96. The Labute approximate surface area is 125 Å². The monoisotopic (exact) mass is 298 g/mol. The molecule has 0 aromatic carbocycles. The molecular weight excluding hydrogens is 279 g/mol. The molecule has 1 heterocycles. The van der Waals surface area contributed by atoms with Gasteiger partial charge in [0.05, 0.1) is 11.4 Å². The van der Waals surface area contributed by atoms with Crippen LogP contribution in [0.25, 0.3) is 0 Å². The Balaban J connectivity index is 2.34. The zero-order valence-electron chi connectivity index (χ0n) is 11.6. The summed E-state index contributed by atoms with van der Waals surface area (Å²) in [5.41, 5.74) is 1.96. The highest BCUT2D eigenvalue weighted by Crippen LogP contribution is 2.38. The van der Waals surface area contributed by atoms with Crippen LogP contribution in [-0.4, -0.2) is 0 Å². The third-order valence-corrected chi connectivity index (χ3v) is 4.59. The van der Waals surface area contributed by atoms with Crippen LogP contribution in [0, 0.1) is 11.3 Å². The van der Waals surface area contributed by atoms with E-state index >= 15 is 0 Å². The van der Waals surface area contributed by atoms with Crippen molar-refractivity contribution in [1.82, 2.24) is 10.6 Å². The van der Waals surface area contributed by atoms with Gasteiger partial charge in [0.1, 0.15) is 10.3 Å². The summed E-state index contributed by atoms with van der Waals surface area (Å²) in [5, 5.41) is 7.15. The van der Waals surface area contributed by atoms with Crippen LogP contribution in [0.15, 0.2) is 46.0 Å². The van der Waals surface area contributed by atoms with Gasteiger partial charge in [0.2, 0.25) is 0 Å². The first kappa shape index (κ1) is 14.5. The number of nitrogens with one attached hydrogen (secondary N) is 2. The lowest BCUT2D eigenvalue weighted by Crippen LogP contribution is -2.30. The molecule has 2 unspecified atom stereocenters. The fourth-order valence-corrected chi connectivity index (χ4v) is 2.79. The predicted molar refractivity (Wildman–Crippen MR) is 82.5 cm³/mol. The lowest BCUT2D eigenvalue weighted by atomic mass is 9.75. The number of hydrogen-bond donors (Lipinski definition) is 2. The number of halogens is 2. The topological polar surface area (TPSA) is 24.1 Å². The van der Waals surface area contributed by atoms with Gasteiger partial charge in [-0.1, -0.05) is 62.5 Å². The van der Waals surface area contributed by atoms with Gasteiger partial charge in [0.25, 0.3) is 0 Å². The fraction of sp³-hybridized carbons (Fsp3) is 0.467. The highest BCUT2D eigenvalue weighted by molar-refractivity contribution is 6.39. The Bertz CT molecular complexity index is 488. The quantitative estimate of drug-likeness (QED) is 0.746. The van der Waals surface area contributed by atoms with Crippen LogP contribution in [-0.2, 0) is 0 Å². The number of hydrogen-bond acceptors (Lipinski definition) is 2. The molecule has 2 N–H and O–H groups in total. The number of allylic oxidation sites excluding steroid dienone is 4. The summed E-state index contributed by atoms with van der Waals surface area (Å²) in [6, 6.07) is 0. The van der Waals surface area contributed by atoms with Crippen LogP contribution < -0.4 is 10.6 Å². The van der Waals surface area contributed by atoms with E-state index in [2.05, 4.69) is 49.6 Å². The molecule has 0 spiro atoms. The third-order valence-electron chi connectivity index (χ3n) is 3.93. The molecule has 0 radical (unpaired) electrons. The van der Waals surface area contributed by atoms with Crippen LogP contribution in [0.3, 0.4) is 0 Å². The molecule has 0 aromatic heterocycles. The minimum Gasteiger partial charge on any atom is -0.342 e. The predicted octanol–water partition coefficient (Wildman–Crippen LogP) is 4.56. The van der Waals surface area contributed by atoms with E-state index < -0.39 is 0 Å². The molecule has 0 fully saturated rings. The van der Waals surface area contributed by atoms with Crippen molar-refractivity contribution in [1.29, 1.82) is 0 Å². The van der Waals surface area contributed by atoms with E-state index in [4.69, 9.17) is 23.2 Å². The number of rotatable bonds is 3. The summed E-state index contributed by atoms with van der Waals surface area (Å²) >= 11 is 12.1. The minimum absolute atomic E-state index is 0.0132. The van der Waals surface area contributed by atoms with Crippen molar-refractivity contribution in [2.24, 2.45) is 11.3 Å². The van der Waals surface area contributed by atoms with Crippen LogP contribution in [0.2, 0.25) is 0 Å². The van der Waals surface area contributed by atoms with E-state index in [0.717, 1.165) is 11.4 Å². The van der Waals surface area contributed by atoms with Gasteiger partial charge in [0, 0.05) is 5.41 Å². The van der Waals surface area contributed by atoms with Crippen molar-refractivity contribution in [3.63, 3.8) is 0 Å². The van der Waals surface area contributed by atoms with Gasteiger partial charge in [0.15, 0.2) is 0 Å². The SMILES string of the molecule is CCCC(C)C1(C)C=CC=C2NC(Cl)=C(Cl)NC2=C1. The minimum atomic E-state index is 0.0132. The Morgan fingerprint density at radius 1 is 1.21 bits per heavy atom. The van der Waals surface area contributed by atoms with Crippen LogP contribution in [0.4, 0.5) is 0 Å². The molecule has 0 aromatic rings. The van der Waals surface area contributed by atoms with Crippen molar-refractivity contribution in [3.8, 4) is 0 Å². The van der Waals surface area contributed by atoms with Crippen LogP contribution >= 0.6 is 23.2 Å². The molecule has 4 heteroatoms. The molecule has 0 saturated carbocycles. The van der Waals surface area contributed by atoms with E-state index in [1.807, 2.05) is 6.08 Å². The molecule has 2 rings (SSSR count). The third kappa shape index (κ3) is 3.01. The standard InChI is InChI=1S/C15H20Cl2N2/c1-4-6-10(2)15(3)8-5-7-11-12(9-15)19-14(17)13(16)18-11/h5,7-10,18-19H,4,6H2,1-3H3. The fourth-order valence-electron chi connectivity index (χ4n) is 2.49. The smallest absolute Gasteiger partial charge is 0.142 e. The van der Waals surface area contributed by atoms with Gasteiger partial charge < -0.3 is 10.6 Å². The summed E-state index contributed by atoms with van der Waals surface area (Å²) in [4.78, 5) is 0. The Morgan fingerprint density at radius 3 is 2.47 bits per heavy atom. The molecule has 0 amide bonds. The van der Waals surface area contributed by atoms with Gasteiger partial charge >= 0.3 is 0 Å². The highest BCUT2D eigenvalue weighted by Gasteiger charge is 2.29. The maximum Gasteiger partial charge on any atom is 0.142 e. The number of fused-ring (bicyclic) bond motifs is 1. The second-order valence-electron chi connectivity index (χ2n) is 5.43. The molecule has 0 bridgehead atoms. The normalized spacial score (nSPS) is 27.6. The van der Waals surface area contributed by atoms with Crippen molar-refractivity contribution in [2.45, 2.75) is 33.6 Å². The Morgan fingerprint density at radius 2 is 1.84 bits per heavy atom. The summed E-state index contributed by atoms with van der Waals surface area (Å²) in [6.07, 6.45) is 11.0. The van der Waals surface area contributed by atoms with Gasteiger partial charge in [-0.15, -0.1) is 0 Å². The largest absolute Gasteiger partial charge is 0.342 e. The van der Waals surface area contributed by atoms with Crippen LogP contribution in [0.1, 0.15) is 33.6 Å². The van der Waals surface area contributed by atoms with E-state index in [-0.39, 0.29) is 5.41 Å². The van der Waals surface area contributed by atoms with Crippen molar-refractivity contribution >= 4 is 23.2 Å². The second kappa shape index (κ2) is 5.64. The Hall–Kier alpha value is -0.860. The van der Waals surface area contributed by atoms with Crippen LogP contribution in [0.5, 0.6) is 0 Å². The Kier molecular flexibility index (Phi) is 4.32. The van der Waals surface area contributed by atoms with Gasteiger partial charge in [-0.3, -0.25) is 0 Å². The second-order valence-corrected chi connectivity index (χ2v) is 6.19. The van der Waals surface area contributed by atoms with E-state index in [9.17, 15) is 0 Å². The van der Waals surface area contributed by atoms with Crippen molar-refractivity contribution < 1.29 is 0 Å². The van der Waals surface area contributed by atoms with Crippen molar-refractivity contribution in [2.75, 3.05) is 0 Å². The molecule has 2 aliphatic rings. The molecule has 104 valence electrons. The molecular formula is C15H20Cl2N2. The summed E-state index contributed by atoms with van der Waals surface area (Å²) in [7, 11) is 0. The van der Waals surface area contributed by atoms with E-state index in [0.29, 0.717) is 16.2 Å². The van der Waals surface area contributed by atoms with Gasteiger partial charge in [-0.05, 0) is 24.5 Å². The van der Waals surface area contributed by atoms with Gasteiger partial charge in [-0.25, -0.2) is 0 Å². The molecule has 0 saturated heterocycles. The molecule has 19 heavy (non-hydrogen) atoms.